The second kappa shape index (κ2) is 8.05. The molecular formula is C18H19ClN6O2. The summed E-state index contributed by atoms with van der Waals surface area (Å²) in [6.07, 6.45) is 0. The van der Waals surface area contributed by atoms with Crippen LogP contribution in [0.2, 0.25) is 5.02 Å². The lowest BCUT2D eigenvalue weighted by Crippen LogP contribution is -2.31. The summed E-state index contributed by atoms with van der Waals surface area (Å²) in [5, 5.41) is 14.2. The lowest BCUT2D eigenvalue weighted by Gasteiger charge is -2.10. The Balaban J connectivity index is 1.59. The van der Waals surface area contributed by atoms with Crippen LogP contribution in [-0.4, -0.2) is 52.5 Å². The van der Waals surface area contributed by atoms with E-state index in [-0.39, 0.29) is 11.9 Å². The average Bonchev–Trinajstić information content (AvgIpc) is 3.03. The lowest BCUT2D eigenvalue weighted by atomic mass is 10.2. The molecule has 0 saturated carbocycles. The predicted molar refractivity (Wildman–Crippen MR) is 104 cm³/mol. The van der Waals surface area contributed by atoms with Gasteiger partial charge in [0.1, 0.15) is 5.52 Å². The van der Waals surface area contributed by atoms with Crippen LogP contribution in [0.15, 0.2) is 42.5 Å². The summed E-state index contributed by atoms with van der Waals surface area (Å²) >= 11 is 5.89. The SMILES string of the molecule is CN(C)C(=O)c1ccc2c(c1)nnn2CCNC(=O)Nc1cccc(Cl)c1. The summed E-state index contributed by atoms with van der Waals surface area (Å²) in [5.74, 6) is -0.0918. The molecule has 3 amide bonds. The van der Waals surface area contributed by atoms with Gasteiger partial charge in [0.05, 0.1) is 12.1 Å². The van der Waals surface area contributed by atoms with Crippen molar-refractivity contribution in [1.82, 2.24) is 25.2 Å². The molecule has 27 heavy (non-hydrogen) atoms. The Labute approximate surface area is 161 Å². The number of benzene rings is 2. The Morgan fingerprint density at radius 2 is 2.00 bits per heavy atom. The van der Waals surface area contributed by atoms with Crippen molar-refractivity contribution in [2.75, 3.05) is 26.0 Å². The van der Waals surface area contributed by atoms with Crippen LogP contribution in [0.25, 0.3) is 11.0 Å². The van der Waals surface area contributed by atoms with E-state index in [0.717, 1.165) is 5.52 Å². The lowest BCUT2D eigenvalue weighted by molar-refractivity contribution is 0.0827. The van der Waals surface area contributed by atoms with Crippen LogP contribution in [0.5, 0.6) is 0 Å². The highest BCUT2D eigenvalue weighted by Gasteiger charge is 2.12. The molecule has 2 N–H and O–H groups in total. The van der Waals surface area contributed by atoms with E-state index in [1.807, 2.05) is 0 Å². The molecule has 0 aliphatic carbocycles. The predicted octanol–water partition coefficient (Wildman–Crippen LogP) is 2.61. The van der Waals surface area contributed by atoms with E-state index in [4.69, 9.17) is 11.6 Å². The van der Waals surface area contributed by atoms with Gasteiger partial charge in [-0.25, -0.2) is 9.48 Å². The number of rotatable bonds is 5. The molecule has 0 atom stereocenters. The van der Waals surface area contributed by atoms with Crippen LogP contribution in [0.1, 0.15) is 10.4 Å². The summed E-state index contributed by atoms with van der Waals surface area (Å²) in [6, 6.07) is 11.8. The van der Waals surface area contributed by atoms with Crippen molar-refractivity contribution in [3.05, 3.63) is 53.1 Å². The van der Waals surface area contributed by atoms with Crippen LogP contribution in [-0.2, 0) is 6.54 Å². The van der Waals surface area contributed by atoms with Crippen molar-refractivity contribution in [1.29, 1.82) is 0 Å². The molecule has 0 aliphatic heterocycles. The number of anilines is 1. The maximum atomic E-state index is 12.0. The average molecular weight is 387 g/mol. The van der Waals surface area contributed by atoms with Crippen LogP contribution in [0.4, 0.5) is 10.5 Å². The van der Waals surface area contributed by atoms with Crippen molar-refractivity contribution in [2.45, 2.75) is 6.54 Å². The van der Waals surface area contributed by atoms with Gasteiger partial charge >= 0.3 is 6.03 Å². The fraction of sp³-hybridized carbons (Fsp3) is 0.222. The minimum Gasteiger partial charge on any atom is -0.345 e. The molecule has 0 radical (unpaired) electrons. The van der Waals surface area contributed by atoms with Gasteiger partial charge in [0.2, 0.25) is 0 Å². The number of nitrogens with zero attached hydrogens (tertiary/aromatic N) is 4. The van der Waals surface area contributed by atoms with Crippen LogP contribution < -0.4 is 10.6 Å². The van der Waals surface area contributed by atoms with Gasteiger partial charge in [0, 0.05) is 36.9 Å². The van der Waals surface area contributed by atoms with Crippen LogP contribution in [0.3, 0.4) is 0 Å². The Kier molecular flexibility index (Phi) is 5.56. The number of fused-ring (bicyclic) bond motifs is 1. The number of halogens is 1. The molecule has 2 aromatic carbocycles. The first-order chi connectivity index (χ1) is 12.9. The molecule has 9 heteroatoms. The zero-order valence-corrected chi connectivity index (χ0v) is 15.7. The first-order valence-electron chi connectivity index (χ1n) is 8.29. The first kappa shape index (κ1) is 18.7. The normalized spacial score (nSPS) is 10.6. The molecule has 0 unspecified atom stereocenters. The largest absolute Gasteiger partial charge is 0.345 e. The van der Waals surface area contributed by atoms with E-state index in [1.165, 1.54) is 4.90 Å². The molecular weight excluding hydrogens is 368 g/mol. The van der Waals surface area contributed by atoms with E-state index in [0.29, 0.717) is 34.9 Å². The van der Waals surface area contributed by atoms with E-state index in [9.17, 15) is 9.59 Å². The van der Waals surface area contributed by atoms with E-state index < -0.39 is 0 Å². The van der Waals surface area contributed by atoms with Gasteiger partial charge in [-0.2, -0.15) is 0 Å². The maximum Gasteiger partial charge on any atom is 0.319 e. The molecule has 3 rings (SSSR count). The second-order valence-electron chi connectivity index (χ2n) is 6.11. The highest BCUT2D eigenvalue weighted by molar-refractivity contribution is 6.30. The van der Waals surface area contributed by atoms with Gasteiger partial charge < -0.3 is 15.5 Å². The number of carbonyl (C=O) groups excluding carboxylic acids is 2. The Morgan fingerprint density at radius 1 is 1.19 bits per heavy atom. The molecule has 0 aliphatic rings. The quantitative estimate of drug-likeness (QED) is 0.705. The van der Waals surface area contributed by atoms with Crippen molar-refractivity contribution in [3.8, 4) is 0 Å². The number of hydrogen-bond donors (Lipinski definition) is 2. The van der Waals surface area contributed by atoms with Crippen LogP contribution in [0, 0.1) is 0 Å². The van der Waals surface area contributed by atoms with E-state index >= 15 is 0 Å². The zero-order chi connectivity index (χ0) is 19.4. The molecule has 0 fully saturated rings. The smallest absolute Gasteiger partial charge is 0.319 e. The Hall–Kier alpha value is -3.13. The molecule has 8 nitrogen and oxygen atoms in total. The minimum absolute atomic E-state index is 0.0918. The van der Waals surface area contributed by atoms with Gasteiger partial charge in [-0.3, -0.25) is 4.79 Å². The number of amides is 3. The summed E-state index contributed by atoms with van der Waals surface area (Å²) in [7, 11) is 3.40. The van der Waals surface area contributed by atoms with Gasteiger partial charge in [-0.05, 0) is 36.4 Å². The third-order valence-electron chi connectivity index (χ3n) is 3.86. The number of urea groups is 1. The van der Waals surface area contributed by atoms with Gasteiger partial charge in [-0.15, -0.1) is 5.10 Å². The van der Waals surface area contributed by atoms with Gasteiger partial charge in [-0.1, -0.05) is 22.9 Å². The number of hydrogen-bond acceptors (Lipinski definition) is 4. The molecule has 0 spiro atoms. The highest BCUT2D eigenvalue weighted by Crippen LogP contribution is 2.15. The van der Waals surface area contributed by atoms with E-state index in [2.05, 4.69) is 20.9 Å². The topological polar surface area (TPSA) is 92.2 Å². The summed E-state index contributed by atoms with van der Waals surface area (Å²) in [6.45, 7) is 0.809. The monoisotopic (exact) mass is 386 g/mol. The van der Waals surface area contributed by atoms with Crippen molar-refractivity contribution < 1.29 is 9.59 Å². The summed E-state index contributed by atoms with van der Waals surface area (Å²) in [4.78, 5) is 25.5. The first-order valence-corrected chi connectivity index (χ1v) is 8.67. The molecule has 0 saturated heterocycles. The molecule has 3 aromatic rings. The second-order valence-corrected chi connectivity index (χ2v) is 6.54. The Bertz CT molecular complexity index is 985. The number of carbonyl (C=O) groups is 2. The van der Waals surface area contributed by atoms with Crippen molar-refractivity contribution in [3.63, 3.8) is 0 Å². The highest BCUT2D eigenvalue weighted by atomic mass is 35.5. The standard InChI is InChI=1S/C18H19ClN6O2/c1-24(2)17(26)12-6-7-16-15(10-12)22-23-25(16)9-8-20-18(27)21-14-5-3-4-13(19)11-14/h3-7,10-11H,8-9H2,1-2H3,(H2,20,21,27). The number of nitrogens with one attached hydrogen (secondary N) is 2. The van der Waals surface area contributed by atoms with Gasteiger partial charge in [0.25, 0.3) is 5.91 Å². The fourth-order valence-electron chi connectivity index (χ4n) is 2.55. The molecule has 0 bridgehead atoms. The van der Waals surface area contributed by atoms with Crippen molar-refractivity contribution in [2.24, 2.45) is 0 Å². The van der Waals surface area contributed by atoms with Crippen LogP contribution >= 0.6 is 11.6 Å². The molecule has 1 aromatic heterocycles. The fourth-order valence-corrected chi connectivity index (χ4v) is 2.74. The number of aromatic nitrogens is 3. The van der Waals surface area contributed by atoms with Crippen molar-refractivity contribution >= 4 is 40.3 Å². The third kappa shape index (κ3) is 4.53. The zero-order valence-electron chi connectivity index (χ0n) is 14.9. The van der Waals surface area contributed by atoms with E-state index in [1.54, 1.807) is 61.2 Å². The van der Waals surface area contributed by atoms with Gasteiger partial charge in [0.15, 0.2) is 0 Å². The summed E-state index contributed by atoms with van der Waals surface area (Å²) in [5.41, 5.74) is 2.59. The minimum atomic E-state index is -0.333. The Morgan fingerprint density at radius 3 is 2.74 bits per heavy atom. The molecule has 1 heterocycles. The third-order valence-corrected chi connectivity index (χ3v) is 4.09. The maximum absolute atomic E-state index is 12.0. The summed E-state index contributed by atoms with van der Waals surface area (Å²) < 4.78 is 1.68. The molecule has 140 valence electrons.